The van der Waals surface area contributed by atoms with Crippen molar-refractivity contribution in [2.75, 3.05) is 26.7 Å². The van der Waals surface area contributed by atoms with E-state index >= 15 is 0 Å². The van der Waals surface area contributed by atoms with E-state index in [0.29, 0.717) is 6.04 Å². The number of hydrogen-bond acceptors (Lipinski definition) is 3. The molecule has 0 aliphatic carbocycles. The highest BCUT2D eigenvalue weighted by molar-refractivity contribution is 5.07. The zero-order valence-electron chi connectivity index (χ0n) is 10.2. The van der Waals surface area contributed by atoms with Crippen molar-refractivity contribution < 1.29 is 0 Å². The van der Waals surface area contributed by atoms with Crippen LogP contribution in [0.15, 0.2) is 24.4 Å². The molecule has 0 spiro atoms. The summed E-state index contributed by atoms with van der Waals surface area (Å²) in [4.78, 5) is 6.82. The van der Waals surface area contributed by atoms with Crippen LogP contribution in [0.3, 0.4) is 0 Å². The van der Waals surface area contributed by atoms with E-state index in [0.717, 1.165) is 18.2 Å². The molecular weight excluding hydrogens is 198 g/mol. The molecular formula is C13H21N3. The number of rotatable bonds is 4. The van der Waals surface area contributed by atoms with Gasteiger partial charge in [0.15, 0.2) is 0 Å². The van der Waals surface area contributed by atoms with Gasteiger partial charge in [0.05, 0.1) is 5.69 Å². The van der Waals surface area contributed by atoms with Gasteiger partial charge in [-0.15, -0.1) is 0 Å². The standard InChI is InChI=1S/C13H21N3/c1-11(13-5-3-4-7-15-13)16(2)10-12-6-8-14-9-12/h3-5,7,11-12,14H,6,8-10H2,1-2H3/t11-,12-/m0/s1. The third-order valence-electron chi connectivity index (χ3n) is 3.49. The minimum absolute atomic E-state index is 0.404. The van der Waals surface area contributed by atoms with Gasteiger partial charge >= 0.3 is 0 Å². The fraction of sp³-hybridized carbons (Fsp3) is 0.615. The topological polar surface area (TPSA) is 28.2 Å². The van der Waals surface area contributed by atoms with Gasteiger partial charge in [-0.3, -0.25) is 9.88 Å². The first-order valence-corrected chi connectivity index (χ1v) is 6.09. The monoisotopic (exact) mass is 219 g/mol. The summed E-state index contributed by atoms with van der Waals surface area (Å²) in [5.74, 6) is 0.802. The third-order valence-corrected chi connectivity index (χ3v) is 3.49. The van der Waals surface area contributed by atoms with Crippen molar-refractivity contribution >= 4 is 0 Å². The summed E-state index contributed by atoms with van der Waals surface area (Å²) in [6.45, 7) is 5.73. The average Bonchev–Trinajstić information content (AvgIpc) is 2.82. The molecule has 1 aromatic rings. The van der Waals surface area contributed by atoms with Crippen molar-refractivity contribution in [3.63, 3.8) is 0 Å². The highest BCUT2D eigenvalue weighted by atomic mass is 15.1. The Kier molecular flexibility index (Phi) is 3.91. The number of aromatic nitrogens is 1. The second kappa shape index (κ2) is 5.41. The molecule has 1 fully saturated rings. The zero-order valence-corrected chi connectivity index (χ0v) is 10.2. The minimum atomic E-state index is 0.404. The zero-order chi connectivity index (χ0) is 11.4. The molecule has 0 aromatic carbocycles. The van der Waals surface area contributed by atoms with Crippen molar-refractivity contribution in [3.05, 3.63) is 30.1 Å². The first kappa shape index (κ1) is 11.6. The molecule has 2 rings (SSSR count). The van der Waals surface area contributed by atoms with Crippen molar-refractivity contribution in [3.8, 4) is 0 Å². The maximum Gasteiger partial charge on any atom is 0.0572 e. The lowest BCUT2D eigenvalue weighted by atomic mass is 10.1. The molecule has 0 unspecified atom stereocenters. The first-order valence-electron chi connectivity index (χ1n) is 6.09. The number of hydrogen-bond donors (Lipinski definition) is 1. The molecule has 3 heteroatoms. The van der Waals surface area contributed by atoms with Crippen LogP contribution in [0.1, 0.15) is 25.1 Å². The van der Waals surface area contributed by atoms with Crippen molar-refractivity contribution in [1.29, 1.82) is 0 Å². The predicted octanol–water partition coefficient (Wildman–Crippen LogP) is 1.68. The van der Waals surface area contributed by atoms with Crippen LogP contribution in [0.5, 0.6) is 0 Å². The van der Waals surface area contributed by atoms with Crippen LogP contribution in [0.4, 0.5) is 0 Å². The van der Waals surface area contributed by atoms with Crippen molar-refractivity contribution in [2.45, 2.75) is 19.4 Å². The Morgan fingerprint density at radius 1 is 1.56 bits per heavy atom. The van der Waals surface area contributed by atoms with Crippen LogP contribution in [-0.2, 0) is 0 Å². The second-order valence-corrected chi connectivity index (χ2v) is 4.73. The number of nitrogens with one attached hydrogen (secondary N) is 1. The van der Waals surface area contributed by atoms with Gasteiger partial charge in [0.1, 0.15) is 0 Å². The van der Waals surface area contributed by atoms with Gasteiger partial charge in [-0.05, 0) is 51.5 Å². The van der Waals surface area contributed by atoms with Gasteiger partial charge in [-0.1, -0.05) is 6.07 Å². The van der Waals surface area contributed by atoms with Gasteiger partial charge in [0.2, 0.25) is 0 Å². The Balaban J connectivity index is 1.91. The van der Waals surface area contributed by atoms with Crippen LogP contribution in [-0.4, -0.2) is 36.6 Å². The summed E-state index contributed by atoms with van der Waals surface area (Å²) < 4.78 is 0. The summed E-state index contributed by atoms with van der Waals surface area (Å²) in [5.41, 5.74) is 1.16. The fourth-order valence-electron chi connectivity index (χ4n) is 2.28. The molecule has 3 nitrogen and oxygen atoms in total. The molecule has 88 valence electrons. The highest BCUT2D eigenvalue weighted by Gasteiger charge is 2.20. The molecule has 16 heavy (non-hydrogen) atoms. The van der Waals surface area contributed by atoms with E-state index in [1.807, 2.05) is 12.3 Å². The smallest absolute Gasteiger partial charge is 0.0572 e. The molecule has 1 N–H and O–H groups in total. The molecule has 2 heterocycles. The van der Waals surface area contributed by atoms with E-state index in [2.05, 4.69) is 41.3 Å². The lowest BCUT2D eigenvalue weighted by Crippen LogP contribution is -2.29. The molecule has 1 aliphatic rings. The van der Waals surface area contributed by atoms with E-state index in [4.69, 9.17) is 0 Å². The predicted molar refractivity (Wildman–Crippen MR) is 66.3 cm³/mol. The third kappa shape index (κ3) is 2.80. The number of nitrogens with zero attached hydrogens (tertiary/aromatic N) is 2. The minimum Gasteiger partial charge on any atom is -0.316 e. The van der Waals surface area contributed by atoms with E-state index in [1.54, 1.807) is 0 Å². The molecule has 1 aromatic heterocycles. The molecule has 2 atom stereocenters. The summed E-state index contributed by atoms with van der Waals surface area (Å²) in [7, 11) is 2.19. The van der Waals surface area contributed by atoms with E-state index in [9.17, 15) is 0 Å². The first-order chi connectivity index (χ1) is 7.77. The SMILES string of the molecule is C[C@@H](c1ccccn1)N(C)C[C@H]1CCNC1. The Morgan fingerprint density at radius 3 is 3.06 bits per heavy atom. The van der Waals surface area contributed by atoms with E-state index in [-0.39, 0.29) is 0 Å². The molecule has 1 saturated heterocycles. The quantitative estimate of drug-likeness (QED) is 0.835. The summed E-state index contributed by atoms with van der Waals surface area (Å²) >= 11 is 0. The van der Waals surface area contributed by atoms with Crippen LogP contribution in [0.25, 0.3) is 0 Å². The molecule has 0 amide bonds. The Bertz CT molecular complexity index is 306. The molecule has 0 saturated carbocycles. The molecule has 1 aliphatic heterocycles. The van der Waals surface area contributed by atoms with E-state index < -0.39 is 0 Å². The van der Waals surface area contributed by atoms with Gasteiger partial charge < -0.3 is 5.32 Å². The van der Waals surface area contributed by atoms with Gasteiger partial charge in [0, 0.05) is 18.8 Å². The largest absolute Gasteiger partial charge is 0.316 e. The Labute approximate surface area is 97.9 Å². The Morgan fingerprint density at radius 2 is 2.44 bits per heavy atom. The lowest BCUT2D eigenvalue weighted by molar-refractivity contribution is 0.223. The van der Waals surface area contributed by atoms with Crippen molar-refractivity contribution in [2.24, 2.45) is 5.92 Å². The average molecular weight is 219 g/mol. The normalized spacial score (nSPS) is 22.6. The van der Waals surface area contributed by atoms with Crippen molar-refractivity contribution in [1.82, 2.24) is 15.2 Å². The summed E-state index contributed by atoms with van der Waals surface area (Å²) in [6.07, 6.45) is 3.18. The van der Waals surface area contributed by atoms with Gasteiger partial charge in [-0.2, -0.15) is 0 Å². The second-order valence-electron chi connectivity index (χ2n) is 4.73. The lowest BCUT2D eigenvalue weighted by Gasteiger charge is -2.26. The molecule has 0 bridgehead atoms. The maximum atomic E-state index is 4.42. The van der Waals surface area contributed by atoms with E-state index in [1.165, 1.54) is 19.5 Å². The van der Waals surface area contributed by atoms with Crippen LogP contribution >= 0.6 is 0 Å². The fourth-order valence-corrected chi connectivity index (χ4v) is 2.28. The highest BCUT2D eigenvalue weighted by Crippen LogP contribution is 2.19. The van der Waals surface area contributed by atoms with Crippen LogP contribution in [0.2, 0.25) is 0 Å². The van der Waals surface area contributed by atoms with Crippen LogP contribution < -0.4 is 5.32 Å². The summed E-state index contributed by atoms with van der Waals surface area (Å²) in [5, 5.41) is 3.41. The van der Waals surface area contributed by atoms with Crippen LogP contribution in [0, 0.1) is 5.92 Å². The maximum absolute atomic E-state index is 4.42. The van der Waals surface area contributed by atoms with Gasteiger partial charge in [-0.25, -0.2) is 0 Å². The number of pyridine rings is 1. The van der Waals surface area contributed by atoms with Gasteiger partial charge in [0.25, 0.3) is 0 Å². The molecule has 0 radical (unpaired) electrons. The summed E-state index contributed by atoms with van der Waals surface area (Å²) in [6, 6.07) is 6.54. The Hall–Kier alpha value is -0.930.